The lowest BCUT2D eigenvalue weighted by Gasteiger charge is -2.22. The van der Waals surface area contributed by atoms with Crippen molar-refractivity contribution in [1.82, 2.24) is 4.90 Å². The van der Waals surface area contributed by atoms with Crippen LogP contribution in [0.3, 0.4) is 0 Å². The second kappa shape index (κ2) is 10.2. The van der Waals surface area contributed by atoms with E-state index in [9.17, 15) is 9.59 Å². The lowest BCUT2D eigenvalue weighted by Crippen LogP contribution is -2.32. The highest BCUT2D eigenvalue weighted by molar-refractivity contribution is 5.95. The van der Waals surface area contributed by atoms with Crippen molar-refractivity contribution in [3.63, 3.8) is 0 Å². The maximum atomic E-state index is 12.9. The average molecular weight is 371 g/mol. The summed E-state index contributed by atoms with van der Waals surface area (Å²) in [4.78, 5) is 25.3. The van der Waals surface area contributed by atoms with Crippen LogP contribution in [0.25, 0.3) is 0 Å². The number of hydrogen-bond acceptors (Lipinski definition) is 4. The van der Waals surface area contributed by atoms with Crippen LogP contribution in [-0.2, 0) is 11.2 Å². The number of amides is 1. The summed E-state index contributed by atoms with van der Waals surface area (Å²) in [5.41, 5.74) is 1.66. The minimum Gasteiger partial charge on any atom is -0.490 e. The van der Waals surface area contributed by atoms with Crippen LogP contribution in [0.2, 0.25) is 0 Å². The minimum atomic E-state index is -1.07. The first-order valence-electron chi connectivity index (χ1n) is 8.99. The number of likely N-dealkylation sites (N-methyl/N-ethyl adjacent to an activating group) is 1. The Morgan fingerprint density at radius 1 is 1.00 bits per heavy atom. The highest BCUT2D eigenvalue weighted by atomic mass is 16.5. The summed E-state index contributed by atoms with van der Waals surface area (Å²) in [5.74, 6) is -0.498. The number of carbonyl (C=O) groups is 2. The predicted octanol–water partition coefficient (Wildman–Crippen LogP) is 3.25. The van der Waals surface area contributed by atoms with Crippen molar-refractivity contribution in [3.8, 4) is 11.5 Å². The molecule has 0 aliphatic heterocycles. The second-order valence-electron chi connectivity index (χ2n) is 5.90. The number of nitrogens with zero attached hydrogens (tertiary/aromatic N) is 1. The first-order chi connectivity index (χ1) is 13.0. The maximum Gasteiger partial charge on any atom is 0.341 e. The fourth-order valence-corrected chi connectivity index (χ4v) is 2.66. The third kappa shape index (κ3) is 6.02. The van der Waals surface area contributed by atoms with Crippen LogP contribution in [0.5, 0.6) is 11.5 Å². The number of benzene rings is 2. The SMILES string of the molecule is CCOc1cc(C(=O)N(CC)CCc2ccccc2)ccc1OCC(=O)O. The van der Waals surface area contributed by atoms with Gasteiger partial charge in [0.1, 0.15) is 0 Å². The molecule has 0 radical (unpaired) electrons. The molecule has 1 N–H and O–H groups in total. The number of ether oxygens (including phenoxy) is 2. The molecule has 0 saturated heterocycles. The van der Waals surface area contributed by atoms with Crippen molar-refractivity contribution < 1.29 is 24.2 Å². The molecule has 0 aromatic heterocycles. The number of hydrogen-bond donors (Lipinski definition) is 1. The largest absolute Gasteiger partial charge is 0.490 e. The molecule has 0 spiro atoms. The summed E-state index contributed by atoms with van der Waals surface area (Å²) >= 11 is 0. The van der Waals surface area contributed by atoms with Gasteiger partial charge in [-0.2, -0.15) is 0 Å². The summed E-state index contributed by atoms with van der Waals surface area (Å²) < 4.78 is 10.7. The van der Waals surface area contributed by atoms with Crippen molar-refractivity contribution in [1.29, 1.82) is 0 Å². The van der Waals surface area contributed by atoms with Gasteiger partial charge < -0.3 is 19.5 Å². The van der Waals surface area contributed by atoms with E-state index in [2.05, 4.69) is 0 Å². The molecule has 0 bridgehead atoms. The van der Waals surface area contributed by atoms with Crippen LogP contribution in [0.15, 0.2) is 48.5 Å². The molecule has 144 valence electrons. The Hall–Kier alpha value is -3.02. The first-order valence-corrected chi connectivity index (χ1v) is 8.99. The van der Waals surface area contributed by atoms with Gasteiger partial charge in [-0.15, -0.1) is 0 Å². The molecule has 2 aromatic rings. The van der Waals surface area contributed by atoms with E-state index in [1.54, 1.807) is 23.1 Å². The van der Waals surface area contributed by atoms with Crippen LogP contribution in [0.4, 0.5) is 0 Å². The normalized spacial score (nSPS) is 10.3. The van der Waals surface area contributed by atoms with E-state index in [-0.39, 0.29) is 5.91 Å². The zero-order valence-corrected chi connectivity index (χ0v) is 15.7. The summed E-state index contributed by atoms with van der Waals surface area (Å²) in [6, 6.07) is 14.8. The molecule has 6 nitrogen and oxygen atoms in total. The fraction of sp³-hybridized carbons (Fsp3) is 0.333. The lowest BCUT2D eigenvalue weighted by molar-refractivity contribution is -0.139. The molecule has 0 heterocycles. The van der Waals surface area contributed by atoms with Crippen molar-refractivity contribution in [2.24, 2.45) is 0 Å². The zero-order chi connectivity index (χ0) is 19.6. The molecule has 0 unspecified atom stereocenters. The first kappa shape index (κ1) is 20.3. The van der Waals surface area contributed by atoms with Gasteiger partial charge >= 0.3 is 5.97 Å². The van der Waals surface area contributed by atoms with Gasteiger partial charge in [-0.05, 0) is 44.0 Å². The summed E-state index contributed by atoms with van der Waals surface area (Å²) in [6.45, 7) is 4.87. The van der Waals surface area contributed by atoms with E-state index in [0.717, 1.165) is 6.42 Å². The quantitative estimate of drug-likeness (QED) is 0.694. The molecule has 0 aliphatic rings. The van der Waals surface area contributed by atoms with Gasteiger partial charge in [0.2, 0.25) is 0 Å². The Kier molecular flexibility index (Phi) is 7.67. The molecular formula is C21H25NO5. The molecule has 0 aliphatic carbocycles. The Morgan fingerprint density at radius 2 is 1.74 bits per heavy atom. The number of carboxylic acid groups (broad SMARTS) is 1. The van der Waals surface area contributed by atoms with Crippen LogP contribution in [0.1, 0.15) is 29.8 Å². The summed E-state index contributed by atoms with van der Waals surface area (Å²) in [7, 11) is 0. The Morgan fingerprint density at radius 3 is 2.37 bits per heavy atom. The van der Waals surface area contributed by atoms with Crippen LogP contribution in [0, 0.1) is 0 Å². The standard InChI is InChI=1S/C21H25NO5/c1-3-22(13-12-16-8-6-5-7-9-16)21(25)17-10-11-18(27-15-20(23)24)19(14-17)26-4-2/h5-11,14H,3-4,12-13,15H2,1-2H3,(H,23,24). The summed E-state index contributed by atoms with van der Waals surface area (Å²) in [6.07, 6.45) is 0.776. The van der Waals surface area contributed by atoms with Crippen molar-refractivity contribution >= 4 is 11.9 Å². The molecule has 0 saturated carbocycles. The smallest absolute Gasteiger partial charge is 0.341 e. The highest BCUT2D eigenvalue weighted by Crippen LogP contribution is 2.29. The number of aliphatic carboxylic acids is 1. The van der Waals surface area contributed by atoms with Crippen molar-refractivity contribution in [2.45, 2.75) is 20.3 Å². The highest BCUT2D eigenvalue weighted by Gasteiger charge is 2.17. The number of carbonyl (C=O) groups excluding carboxylic acids is 1. The third-order valence-corrected chi connectivity index (χ3v) is 4.02. The van der Waals surface area contributed by atoms with Gasteiger partial charge in [0.25, 0.3) is 5.91 Å². The fourth-order valence-electron chi connectivity index (χ4n) is 2.66. The van der Waals surface area contributed by atoms with E-state index >= 15 is 0 Å². The molecule has 0 atom stereocenters. The lowest BCUT2D eigenvalue weighted by atomic mass is 10.1. The van der Waals surface area contributed by atoms with E-state index in [4.69, 9.17) is 14.6 Å². The molecule has 0 fully saturated rings. The minimum absolute atomic E-state index is 0.0980. The Bertz CT molecular complexity index is 760. The van der Waals surface area contributed by atoms with Gasteiger partial charge in [0.05, 0.1) is 6.61 Å². The van der Waals surface area contributed by atoms with E-state index < -0.39 is 12.6 Å². The molecular weight excluding hydrogens is 346 g/mol. The third-order valence-electron chi connectivity index (χ3n) is 4.02. The molecule has 2 rings (SSSR count). The van der Waals surface area contributed by atoms with Gasteiger partial charge in [-0.1, -0.05) is 30.3 Å². The van der Waals surface area contributed by atoms with E-state index in [1.165, 1.54) is 5.56 Å². The number of rotatable bonds is 10. The van der Waals surface area contributed by atoms with E-state index in [0.29, 0.717) is 36.8 Å². The molecule has 2 aromatic carbocycles. The Labute approximate surface area is 159 Å². The topological polar surface area (TPSA) is 76.1 Å². The van der Waals surface area contributed by atoms with Crippen molar-refractivity contribution in [2.75, 3.05) is 26.3 Å². The second-order valence-corrected chi connectivity index (χ2v) is 5.90. The average Bonchev–Trinajstić information content (AvgIpc) is 2.68. The zero-order valence-electron chi connectivity index (χ0n) is 15.7. The van der Waals surface area contributed by atoms with Gasteiger partial charge in [0, 0.05) is 18.7 Å². The van der Waals surface area contributed by atoms with Crippen molar-refractivity contribution in [3.05, 3.63) is 59.7 Å². The molecule has 27 heavy (non-hydrogen) atoms. The molecule has 6 heteroatoms. The maximum absolute atomic E-state index is 12.9. The summed E-state index contributed by atoms with van der Waals surface area (Å²) in [5, 5.41) is 8.77. The Balaban J connectivity index is 2.12. The predicted molar refractivity (Wildman–Crippen MR) is 102 cm³/mol. The van der Waals surface area contributed by atoms with Crippen LogP contribution in [-0.4, -0.2) is 48.2 Å². The van der Waals surface area contributed by atoms with Crippen LogP contribution < -0.4 is 9.47 Å². The van der Waals surface area contributed by atoms with Gasteiger partial charge in [-0.25, -0.2) is 4.79 Å². The van der Waals surface area contributed by atoms with Gasteiger partial charge in [-0.3, -0.25) is 4.79 Å². The number of carboxylic acids is 1. The van der Waals surface area contributed by atoms with Crippen LogP contribution >= 0.6 is 0 Å². The van der Waals surface area contributed by atoms with E-state index in [1.807, 2.05) is 44.2 Å². The monoisotopic (exact) mass is 371 g/mol. The molecule has 1 amide bonds. The van der Waals surface area contributed by atoms with Gasteiger partial charge in [0.15, 0.2) is 18.1 Å².